The Bertz CT molecular complexity index is 1300. The van der Waals surface area contributed by atoms with E-state index in [1.165, 1.54) is 22.2 Å². The maximum Gasteiger partial charge on any atom is 0.263 e. The number of carbonyl (C=O) groups is 1. The lowest BCUT2D eigenvalue weighted by Gasteiger charge is -2.29. The zero-order valence-corrected chi connectivity index (χ0v) is 18.3. The minimum atomic E-state index is -0.275. The van der Waals surface area contributed by atoms with Crippen molar-refractivity contribution in [1.82, 2.24) is 14.5 Å². The van der Waals surface area contributed by atoms with Gasteiger partial charge in [0.1, 0.15) is 18.0 Å². The van der Waals surface area contributed by atoms with Crippen LogP contribution in [0.15, 0.2) is 58.3 Å². The van der Waals surface area contributed by atoms with Gasteiger partial charge in [-0.05, 0) is 23.6 Å². The van der Waals surface area contributed by atoms with Gasteiger partial charge in [0.25, 0.3) is 5.56 Å². The van der Waals surface area contributed by atoms with E-state index in [2.05, 4.69) is 4.98 Å². The summed E-state index contributed by atoms with van der Waals surface area (Å²) in [5.74, 6) is 1.18. The van der Waals surface area contributed by atoms with Crippen LogP contribution in [0.5, 0.6) is 11.5 Å². The Morgan fingerprint density at radius 2 is 2.06 bits per heavy atom. The van der Waals surface area contributed by atoms with Crippen LogP contribution < -0.4 is 15.0 Å². The Balaban J connectivity index is 1.32. The van der Waals surface area contributed by atoms with Crippen LogP contribution in [0.4, 0.5) is 0 Å². The number of aromatic nitrogens is 2. The maximum absolute atomic E-state index is 13.1. The molecule has 0 unspecified atom stereocenters. The van der Waals surface area contributed by atoms with Crippen molar-refractivity contribution in [2.75, 3.05) is 20.2 Å². The molecule has 158 valence electrons. The Labute approximate surface area is 186 Å². The monoisotopic (exact) mass is 453 g/mol. The van der Waals surface area contributed by atoms with Crippen molar-refractivity contribution in [3.63, 3.8) is 0 Å². The predicted molar refractivity (Wildman–Crippen MR) is 121 cm³/mol. The van der Waals surface area contributed by atoms with Crippen LogP contribution >= 0.6 is 22.7 Å². The summed E-state index contributed by atoms with van der Waals surface area (Å²) in [7, 11) is 1.70. The van der Waals surface area contributed by atoms with Gasteiger partial charge >= 0.3 is 0 Å². The quantitative estimate of drug-likeness (QED) is 0.463. The molecule has 1 atom stereocenters. The lowest BCUT2D eigenvalue weighted by Crippen LogP contribution is -2.43. The fourth-order valence-corrected chi connectivity index (χ4v) is 5.24. The van der Waals surface area contributed by atoms with E-state index in [-0.39, 0.29) is 24.1 Å². The highest BCUT2D eigenvalue weighted by atomic mass is 32.1. The van der Waals surface area contributed by atoms with E-state index < -0.39 is 0 Å². The summed E-state index contributed by atoms with van der Waals surface area (Å²) in [6, 6.07) is 11.4. The van der Waals surface area contributed by atoms with Gasteiger partial charge in [0, 0.05) is 22.9 Å². The smallest absolute Gasteiger partial charge is 0.263 e. The molecule has 0 N–H and O–H groups in total. The van der Waals surface area contributed by atoms with Crippen molar-refractivity contribution in [1.29, 1.82) is 0 Å². The normalized spacial score (nSPS) is 15.2. The van der Waals surface area contributed by atoms with Crippen molar-refractivity contribution in [3.8, 4) is 21.9 Å². The van der Waals surface area contributed by atoms with Crippen LogP contribution in [-0.4, -0.2) is 46.7 Å². The van der Waals surface area contributed by atoms with E-state index >= 15 is 0 Å². The summed E-state index contributed by atoms with van der Waals surface area (Å²) >= 11 is 3.01. The van der Waals surface area contributed by atoms with Gasteiger partial charge in [-0.2, -0.15) is 0 Å². The molecule has 7 nitrogen and oxygen atoms in total. The van der Waals surface area contributed by atoms with Gasteiger partial charge in [-0.15, -0.1) is 22.7 Å². The molecule has 1 aromatic carbocycles. The molecule has 31 heavy (non-hydrogen) atoms. The molecule has 0 saturated carbocycles. The SMILES string of the molecule is CN(C[C@@H]1COc2ccccc2O1)C(=O)Cn1cnc2scc(-c3cccs3)c2c1=O. The van der Waals surface area contributed by atoms with Crippen molar-refractivity contribution in [3.05, 3.63) is 63.8 Å². The lowest BCUT2D eigenvalue weighted by atomic mass is 10.2. The number of amides is 1. The molecule has 5 rings (SSSR count). The average Bonchev–Trinajstić information content (AvgIpc) is 3.45. The molecule has 1 aliphatic rings. The summed E-state index contributed by atoms with van der Waals surface area (Å²) in [5.41, 5.74) is 0.664. The standard InChI is InChI=1S/C22H19N3O4S2/c1-24(9-14-11-28-16-5-2-3-6-17(16)29-14)19(26)10-25-13-23-21-20(22(25)27)15(12-31-21)18-7-4-8-30-18/h2-8,12-14H,9-11H2,1H3/t14-/m1/s1. The molecule has 0 fully saturated rings. The van der Waals surface area contributed by atoms with Crippen LogP contribution in [0, 0.1) is 0 Å². The molecular weight excluding hydrogens is 434 g/mol. The average molecular weight is 454 g/mol. The number of likely N-dealkylation sites (N-methyl/N-ethyl adjacent to an activating group) is 1. The molecule has 3 aromatic heterocycles. The summed E-state index contributed by atoms with van der Waals surface area (Å²) in [5, 5.41) is 4.48. The van der Waals surface area contributed by atoms with Crippen LogP contribution in [0.3, 0.4) is 0 Å². The Morgan fingerprint density at radius 3 is 2.87 bits per heavy atom. The first kappa shape index (κ1) is 19.8. The zero-order valence-electron chi connectivity index (χ0n) is 16.7. The molecule has 4 aromatic rings. The van der Waals surface area contributed by atoms with E-state index in [1.54, 1.807) is 23.3 Å². The highest BCUT2D eigenvalue weighted by Gasteiger charge is 2.24. The molecule has 0 aliphatic carbocycles. The number of rotatable bonds is 5. The molecule has 1 amide bonds. The van der Waals surface area contributed by atoms with Crippen molar-refractivity contribution >= 4 is 38.8 Å². The van der Waals surface area contributed by atoms with Gasteiger partial charge in [0.05, 0.1) is 18.3 Å². The fraction of sp³-hybridized carbons (Fsp3) is 0.227. The molecule has 4 heterocycles. The van der Waals surface area contributed by atoms with Crippen LogP contribution in [-0.2, 0) is 11.3 Å². The second-order valence-corrected chi connectivity index (χ2v) is 9.06. The number of hydrogen-bond donors (Lipinski definition) is 0. The minimum absolute atomic E-state index is 0.0812. The highest BCUT2D eigenvalue weighted by molar-refractivity contribution is 7.18. The summed E-state index contributed by atoms with van der Waals surface area (Å²) < 4.78 is 13.0. The van der Waals surface area contributed by atoms with Crippen molar-refractivity contribution < 1.29 is 14.3 Å². The Hall–Kier alpha value is -3.17. The third kappa shape index (κ3) is 3.82. The third-order valence-corrected chi connectivity index (χ3v) is 6.91. The second kappa shape index (κ2) is 8.16. The highest BCUT2D eigenvalue weighted by Crippen LogP contribution is 2.33. The zero-order chi connectivity index (χ0) is 21.4. The lowest BCUT2D eigenvalue weighted by molar-refractivity contribution is -0.132. The number of para-hydroxylation sites is 2. The number of fused-ring (bicyclic) bond motifs is 2. The van der Waals surface area contributed by atoms with Gasteiger partial charge in [-0.1, -0.05) is 18.2 Å². The van der Waals surface area contributed by atoms with E-state index in [4.69, 9.17) is 9.47 Å². The van der Waals surface area contributed by atoms with Gasteiger partial charge in [0.2, 0.25) is 5.91 Å². The van der Waals surface area contributed by atoms with E-state index in [0.717, 1.165) is 10.4 Å². The van der Waals surface area contributed by atoms with Gasteiger partial charge in [-0.25, -0.2) is 4.98 Å². The van der Waals surface area contributed by atoms with Crippen molar-refractivity contribution in [2.24, 2.45) is 0 Å². The van der Waals surface area contributed by atoms with E-state index in [0.29, 0.717) is 34.9 Å². The van der Waals surface area contributed by atoms with Crippen LogP contribution in [0.1, 0.15) is 0 Å². The fourth-order valence-electron chi connectivity index (χ4n) is 3.52. The summed E-state index contributed by atoms with van der Waals surface area (Å²) in [6.07, 6.45) is 1.17. The number of benzene rings is 1. The second-order valence-electron chi connectivity index (χ2n) is 7.26. The van der Waals surface area contributed by atoms with Crippen LogP contribution in [0.2, 0.25) is 0 Å². The number of nitrogens with zero attached hydrogens (tertiary/aromatic N) is 3. The first-order valence-corrected chi connectivity index (χ1v) is 11.5. The maximum atomic E-state index is 13.1. The molecule has 0 bridgehead atoms. The predicted octanol–water partition coefficient (Wildman–Crippen LogP) is 3.48. The first-order valence-electron chi connectivity index (χ1n) is 9.73. The molecule has 1 aliphatic heterocycles. The molecule has 0 saturated heterocycles. The largest absolute Gasteiger partial charge is 0.486 e. The Morgan fingerprint density at radius 1 is 1.23 bits per heavy atom. The molecule has 9 heteroatoms. The van der Waals surface area contributed by atoms with Crippen molar-refractivity contribution in [2.45, 2.75) is 12.6 Å². The number of carbonyl (C=O) groups excluding carboxylic acids is 1. The molecule has 0 radical (unpaired) electrons. The van der Waals surface area contributed by atoms with Gasteiger partial charge < -0.3 is 14.4 Å². The topological polar surface area (TPSA) is 73.7 Å². The van der Waals surface area contributed by atoms with Crippen LogP contribution in [0.25, 0.3) is 20.7 Å². The van der Waals surface area contributed by atoms with E-state index in [1.807, 2.05) is 47.2 Å². The third-order valence-electron chi connectivity index (χ3n) is 5.12. The van der Waals surface area contributed by atoms with E-state index in [9.17, 15) is 9.59 Å². The number of thiophene rings is 2. The number of hydrogen-bond acceptors (Lipinski definition) is 7. The first-order chi connectivity index (χ1) is 15.1. The minimum Gasteiger partial charge on any atom is -0.486 e. The van der Waals surface area contributed by atoms with Gasteiger partial charge in [0.15, 0.2) is 17.6 Å². The summed E-state index contributed by atoms with van der Waals surface area (Å²) in [6.45, 7) is 0.639. The molecule has 0 spiro atoms. The van der Waals surface area contributed by atoms with Gasteiger partial charge in [-0.3, -0.25) is 14.2 Å². The summed E-state index contributed by atoms with van der Waals surface area (Å²) in [4.78, 5) is 33.6. The Kier molecular flexibility index (Phi) is 5.21. The molecular formula is C22H19N3O4S2. The number of ether oxygens (including phenoxy) is 2.